The lowest BCUT2D eigenvalue weighted by Crippen LogP contribution is -2.36. The maximum atomic E-state index is 13.1. The van der Waals surface area contributed by atoms with E-state index in [0.717, 1.165) is 39.1 Å². The Hall–Kier alpha value is -3.08. The Morgan fingerprint density at radius 2 is 1.76 bits per heavy atom. The number of thiazole rings is 1. The second-order valence-electron chi connectivity index (χ2n) is 7.89. The fraction of sp³-hybridized carbons (Fsp3) is 0.217. The number of fused-ring (bicyclic) bond motifs is 2. The molecule has 0 radical (unpaired) electrons. The molecule has 2 aromatic carbocycles. The predicted octanol–water partition coefficient (Wildman–Crippen LogP) is 3.34. The van der Waals surface area contributed by atoms with Gasteiger partial charge in [-0.2, -0.15) is 0 Å². The second kappa shape index (κ2) is 8.94. The molecular formula is C23H17ClN2O6S2. The van der Waals surface area contributed by atoms with E-state index in [1.165, 1.54) is 0 Å². The van der Waals surface area contributed by atoms with Crippen molar-refractivity contribution in [3.8, 4) is 5.75 Å². The Bertz CT molecular complexity index is 1330. The van der Waals surface area contributed by atoms with Crippen molar-refractivity contribution in [2.75, 3.05) is 6.54 Å². The summed E-state index contributed by atoms with van der Waals surface area (Å²) in [4.78, 5) is 53.3. The average molecular weight is 517 g/mol. The van der Waals surface area contributed by atoms with E-state index in [9.17, 15) is 19.2 Å². The first-order valence-corrected chi connectivity index (χ1v) is 12.3. The first-order chi connectivity index (χ1) is 16.3. The topological polar surface area (TPSA) is 117 Å². The summed E-state index contributed by atoms with van der Waals surface area (Å²) in [5.41, 5.74) is 1.69. The molecule has 1 aromatic heterocycles. The van der Waals surface area contributed by atoms with Gasteiger partial charge in [-0.25, -0.2) is 0 Å². The van der Waals surface area contributed by atoms with Gasteiger partial charge >= 0.3 is 10.8 Å². The van der Waals surface area contributed by atoms with Crippen LogP contribution in [-0.4, -0.2) is 44.6 Å². The second-order valence-corrected chi connectivity index (χ2v) is 10.5. The van der Waals surface area contributed by atoms with E-state index in [1.807, 2.05) is 12.1 Å². The smallest absolute Gasteiger partial charge is 0.323 e. The van der Waals surface area contributed by atoms with E-state index in [0.29, 0.717) is 27.3 Å². The van der Waals surface area contributed by atoms with E-state index >= 15 is 0 Å². The highest BCUT2D eigenvalue weighted by Crippen LogP contribution is 2.52. The fourth-order valence-corrected chi connectivity index (χ4v) is 6.91. The van der Waals surface area contributed by atoms with Crippen LogP contribution >= 0.6 is 34.7 Å². The zero-order valence-corrected chi connectivity index (χ0v) is 19.8. The molecule has 0 aliphatic carbocycles. The van der Waals surface area contributed by atoms with Crippen molar-refractivity contribution in [3.05, 3.63) is 79.2 Å². The number of carboxylic acids is 1. The van der Waals surface area contributed by atoms with Crippen LogP contribution < -0.4 is 9.61 Å². The molecule has 3 atom stereocenters. The molecule has 174 valence electrons. The lowest BCUT2D eigenvalue weighted by molar-refractivity contribution is -0.149. The van der Waals surface area contributed by atoms with Crippen LogP contribution in [0.2, 0.25) is 5.02 Å². The first kappa shape index (κ1) is 22.7. The van der Waals surface area contributed by atoms with Gasteiger partial charge in [-0.15, -0.1) is 0 Å². The number of nitrogens with zero attached hydrogens (tertiary/aromatic N) is 1. The third-order valence-electron chi connectivity index (χ3n) is 5.77. The number of rotatable bonds is 6. The minimum Gasteiger partial charge on any atom is -0.489 e. The van der Waals surface area contributed by atoms with E-state index in [-0.39, 0.29) is 4.87 Å². The molecule has 11 heteroatoms. The van der Waals surface area contributed by atoms with Crippen LogP contribution in [0.5, 0.6) is 5.75 Å². The van der Waals surface area contributed by atoms with Gasteiger partial charge in [0, 0.05) is 15.8 Å². The van der Waals surface area contributed by atoms with E-state index in [4.69, 9.17) is 21.4 Å². The SMILES string of the molecule is O=C(O)CN1C(=O)C2Sc3[nH]c(=O)sc3[C@@H](c3ccc(OCc4ccc(Cl)cc4)cc3)C2C1=O. The highest BCUT2D eigenvalue weighted by molar-refractivity contribution is 8.00. The number of benzene rings is 2. The number of nitrogens with one attached hydrogen (secondary N) is 1. The van der Waals surface area contributed by atoms with Crippen molar-refractivity contribution in [2.24, 2.45) is 5.92 Å². The molecule has 1 saturated heterocycles. The zero-order chi connectivity index (χ0) is 24.0. The zero-order valence-electron chi connectivity index (χ0n) is 17.4. The Kier molecular flexibility index (Phi) is 5.97. The molecular weight excluding hydrogens is 500 g/mol. The normalized spacial score (nSPS) is 21.3. The number of likely N-dealkylation sites (tertiary alicyclic amines) is 1. The average Bonchev–Trinajstić information content (AvgIpc) is 3.29. The number of aliphatic carboxylic acids is 1. The quantitative estimate of drug-likeness (QED) is 0.482. The number of hydrogen-bond acceptors (Lipinski definition) is 7. The van der Waals surface area contributed by atoms with Crippen molar-refractivity contribution >= 4 is 52.5 Å². The van der Waals surface area contributed by atoms with Crippen molar-refractivity contribution < 1.29 is 24.2 Å². The Morgan fingerprint density at radius 1 is 1.06 bits per heavy atom. The molecule has 1 fully saturated rings. The number of imide groups is 1. The van der Waals surface area contributed by atoms with Gasteiger partial charge in [-0.1, -0.05) is 59.0 Å². The van der Waals surface area contributed by atoms with Gasteiger partial charge in [-0.05, 0) is 35.4 Å². The summed E-state index contributed by atoms with van der Waals surface area (Å²) in [5.74, 6) is -3.07. The number of aromatic nitrogens is 1. The van der Waals surface area contributed by atoms with E-state index in [1.54, 1.807) is 36.4 Å². The summed E-state index contributed by atoms with van der Waals surface area (Å²) in [5, 5.41) is 9.55. The number of carbonyl (C=O) groups excluding carboxylic acids is 2. The highest BCUT2D eigenvalue weighted by Gasteiger charge is 2.56. The van der Waals surface area contributed by atoms with Crippen molar-refractivity contribution in [1.29, 1.82) is 0 Å². The number of ether oxygens (including phenoxy) is 1. The first-order valence-electron chi connectivity index (χ1n) is 10.3. The molecule has 34 heavy (non-hydrogen) atoms. The van der Waals surface area contributed by atoms with Crippen LogP contribution in [0.3, 0.4) is 0 Å². The lowest BCUT2D eigenvalue weighted by Gasteiger charge is -2.29. The molecule has 8 nitrogen and oxygen atoms in total. The number of thioether (sulfide) groups is 1. The van der Waals surface area contributed by atoms with Crippen LogP contribution in [0, 0.1) is 5.92 Å². The molecule has 2 amide bonds. The number of carbonyl (C=O) groups is 3. The number of halogens is 1. The predicted molar refractivity (Wildman–Crippen MR) is 126 cm³/mol. The maximum absolute atomic E-state index is 13.1. The molecule has 0 spiro atoms. The monoisotopic (exact) mass is 516 g/mol. The summed E-state index contributed by atoms with van der Waals surface area (Å²) in [7, 11) is 0. The van der Waals surface area contributed by atoms with Gasteiger partial charge in [0.1, 0.15) is 24.2 Å². The maximum Gasteiger partial charge on any atom is 0.323 e. The van der Waals surface area contributed by atoms with Gasteiger partial charge in [0.15, 0.2) is 0 Å². The minimum absolute atomic E-state index is 0.271. The third kappa shape index (κ3) is 4.13. The third-order valence-corrected chi connectivity index (χ3v) is 8.42. The Morgan fingerprint density at radius 3 is 2.44 bits per heavy atom. The van der Waals surface area contributed by atoms with Crippen LogP contribution in [0.25, 0.3) is 0 Å². The summed E-state index contributed by atoms with van der Waals surface area (Å²) in [6, 6.07) is 14.5. The largest absolute Gasteiger partial charge is 0.489 e. The van der Waals surface area contributed by atoms with Gasteiger partial charge in [-0.3, -0.25) is 24.1 Å². The highest BCUT2D eigenvalue weighted by atomic mass is 35.5. The van der Waals surface area contributed by atoms with Crippen LogP contribution in [0.15, 0.2) is 58.4 Å². The van der Waals surface area contributed by atoms with Crippen molar-refractivity contribution in [2.45, 2.75) is 22.8 Å². The Balaban J connectivity index is 1.44. The summed E-state index contributed by atoms with van der Waals surface area (Å²) in [6.45, 7) is -0.332. The van der Waals surface area contributed by atoms with Gasteiger partial charge in [0.25, 0.3) is 0 Å². The molecule has 0 bridgehead atoms. The van der Waals surface area contributed by atoms with Gasteiger partial charge in [0.2, 0.25) is 11.8 Å². The lowest BCUT2D eigenvalue weighted by atomic mass is 9.83. The van der Waals surface area contributed by atoms with Gasteiger partial charge < -0.3 is 14.8 Å². The Labute approximate surface area is 206 Å². The molecule has 5 rings (SSSR count). The van der Waals surface area contributed by atoms with Crippen LogP contribution in [0.1, 0.15) is 21.9 Å². The van der Waals surface area contributed by atoms with E-state index in [2.05, 4.69) is 4.98 Å². The standard InChI is InChI=1S/C23H17ClN2O6S2/c24-13-5-1-11(2-6-13)10-32-14-7-3-12(4-8-14)16-17-19(33-20-18(16)34-23(31)25-20)22(30)26(21(17)29)9-15(27)28/h1-8,16-17,19H,9-10H2,(H,25,31)(H,27,28)/t16-,17?,19?/m0/s1. The number of aromatic amines is 1. The molecule has 2 aliphatic rings. The summed E-state index contributed by atoms with van der Waals surface area (Å²) >= 11 is 8.02. The molecule has 3 aromatic rings. The number of hydrogen-bond donors (Lipinski definition) is 2. The molecule has 2 N–H and O–H groups in total. The van der Waals surface area contributed by atoms with Crippen LogP contribution in [0.4, 0.5) is 0 Å². The number of carboxylic acid groups (broad SMARTS) is 1. The summed E-state index contributed by atoms with van der Waals surface area (Å²) < 4.78 is 5.84. The minimum atomic E-state index is -1.26. The fourth-order valence-electron chi connectivity index (χ4n) is 4.24. The van der Waals surface area contributed by atoms with Crippen molar-refractivity contribution in [1.82, 2.24) is 9.88 Å². The molecule has 0 saturated carbocycles. The van der Waals surface area contributed by atoms with Gasteiger partial charge in [0.05, 0.1) is 10.9 Å². The van der Waals surface area contributed by atoms with Crippen LogP contribution in [-0.2, 0) is 21.0 Å². The molecule has 2 aliphatic heterocycles. The number of H-pyrrole nitrogens is 1. The molecule has 2 unspecified atom stereocenters. The molecule has 3 heterocycles. The number of amides is 2. The van der Waals surface area contributed by atoms with Crippen molar-refractivity contribution in [3.63, 3.8) is 0 Å². The van der Waals surface area contributed by atoms with E-state index < -0.39 is 41.4 Å². The summed E-state index contributed by atoms with van der Waals surface area (Å²) in [6.07, 6.45) is 0.